The van der Waals surface area contributed by atoms with Gasteiger partial charge in [-0.05, 0) is 63.0 Å². The molecule has 1 aliphatic carbocycles. The molecule has 0 N–H and O–H groups in total. The quantitative estimate of drug-likeness (QED) is 0.284. The van der Waals surface area contributed by atoms with Gasteiger partial charge in [0.25, 0.3) is 0 Å². The maximum atomic E-state index is 3.42. The van der Waals surface area contributed by atoms with Gasteiger partial charge in [-0.25, -0.2) is 0 Å². The fourth-order valence-electron chi connectivity index (χ4n) is 4.30. The largest absolute Gasteiger partial charge is 0.0792 e. The molecule has 1 atom stereocenters. The summed E-state index contributed by atoms with van der Waals surface area (Å²) >= 11 is 2.46. The lowest BCUT2D eigenvalue weighted by Crippen LogP contribution is -2.28. The van der Waals surface area contributed by atoms with Gasteiger partial charge in [-0.2, -0.15) is 0 Å². The predicted octanol–water partition coefficient (Wildman–Crippen LogP) is 6.25. The van der Waals surface area contributed by atoms with Gasteiger partial charge in [0.2, 0.25) is 0 Å². The first-order valence-corrected chi connectivity index (χ1v) is 9.74. The molecule has 1 aliphatic rings. The molecule has 0 bridgehead atoms. The molecule has 4 aromatic rings. The molecule has 0 aliphatic heterocycles. The van der Waals surface area contributed by atoms with Gasteiger partial charge in [0.1, 0.15) is 0 Å². The molecule has 0 nitrogen and oxygen atoms in total. The van der Waals surface area contributed by atoms with Crippen LogP contribution in [-0.4, -0.2) is 0 Å². The molecule has 26 heavy (non-hydrogen) atoms. The highest BCUT2D eigenvalue weighted by molar-refractivity contribution is 14.1. The van der Waals surface area contributed by atoms with E-state index in [0.29, 0.717) is 0 Å². The van der Waals surface area contributed by atoms with E-state index in [-0.39, 0.29) is 5.41 Å². The van der Waals surface area contributed by atoms with Crippen LogP contribution in [0.25, 0.3) is 11.1 Å². The van der Waals surface area contributed by atoms with Crippen LogP contribution in [-0.2, 0) is 5.41 Å². The maximum Gasteiger partial charge on any atom is 0.0792 e. The van der Waals surface area contributed by atoms with E-state index < -0.39 is 0 Å². The summed E-state index contributed by atoms with van der Waals surface area (Å²) in [5.74, 6) is 0. The van der Waals surface area contributed by atoms with E-state index in [2.05, 4.69) is 120 Å². The van der Waals surface area contributed by atoms with Crippen molar-refractivity contribution < 1.29 is 0 Å². The Bertz CT molecular complexity index is 1040. The highest BCUT2D eigenvalue weighted by Crippen LogP contribution is 2.56. The van der Waals surface area contributed by atoms with Crippen LogP contribution in [0.15, 0.2) is 91.0 Å². The summed E-state index contributed by atoms with van der Waals surface area (Å²) in [5.41, 5.74) is 7.35. The standard InChI is InChI=1S/C25H15I/c26-23-17-9-16-22-24(23)20-14-7-8-15-21(20)25(22,18-10-3-1-4-11-18)19-12-5-2-6-13-19/h1-5,7-12,14-17H. The maximum absolute atomic E-state index is 3.42. The number of fused-ring (bicyclic) bond motifs is 3. The minimum Gasteiger partial charge on any atom is -0.0699 e. The van der Waals surface area contributed by atoms with Gasteiger partial charge in [0.05, 0.1) is 5.41 Å². The van der Waals surface area contributed by atoms with E-state index in [0.717, 1.165) is 5.56 Å². The summed E-state index contributed by atoms with van der Waals surface area (Å²) in [5, 5.41) is 0. The summed E-state index contributed by atoms with van der Waals surface area (Å²) in [4.78, 5) is 0. The Labute approximate surface area is 167 Å². The predicted molar refractivity (Wildman–Crippen MR) is 114 cm³/mol. The van der Waals surface area contributed by atoms with E-state index in [9.17, 15) is 0 Å². The number of rotatable bonds is 2. The second-order valence-electron chi connectivity index (χ2n) is 6.53. The second-order valence-corrected chi connectivity index (χ2v) is 7.69. The molecule has 0 saturated heterocycles. The van der Waals surface area contributed by atoms with E-state index in [1.807, 2.05) is 6.07 Å². The van der Waals surface area contributed by atoms with Crippen LogP contribution < -0.4 is 0 Å². The molecule has 5 rings (SSSR count). The van der Waals surface area contributed by atoms with Gasteiger partial charge in [-0.15, -0.1) is 0 Å². The van der Waals surface area contributed by atoms with Crippen LogP contribution in [0.1, 0.15) is 22.3 Å². The van der Waals surface area contributed by atoms with Gasteiger partial charge in [0, 0.05) is 14.7 Å². The molecule has 0 heterocycles. The molecular weight excluding hydrogens is 427 g/mol. The van der Waals surface area contributed by atoms with Crippen molar-refractivity contribution in [2.45, 2.75) is 5.41 Å². The molecule has 1 unspecified atom stereocenters. The zero-order valence-corrected chi connectivity index (χ0v) is 16.2. The molecule has 0 saturated carbocycles. The zero-order chi connectivity index (χ0) is 17.6. The third-order valence-corrected chi connectivity index (χ3v) is 6.18. The monoisotopic (exact) mass is 442 g/mol. The van der Waals surface area contributed by atoms with E-state index in [4.69, 9.17) is 0 Å². The van der Waals surface area contributed by atoms with Crippen molar-refractivity contribution >= 4 is 22.6 Å². The molecule has 0 amide bonds. The first-order valence-electron chi connectivity index (χ1n) is 8.67. The van der Waals surface area contributed by atoms with Gasteiger partial charge in [-0.3, -0.25) is 0 Å². The molecule has 0 spiro atoms. The van der Waals surface area contributed by atoms with E-state index >= 15 is 0 Å². The summed E-state index contributed by atoms with van der Waals surface area (Å²) < 4.78 is 1.28. The van der Waals surface area contributed by atoms with Crippen molar-refractivity contribution in [1.29, 1.82) is 0 Å². The molecule has 4 aromatic carbocycles. The Hall–Kier alpha value is -2.57. The first-order chi connectivity index (χ1) is 12.8. The van der Waals surface area contributed by atoms with Crippen molar-refractivity contribution in [3.63, 3.8) is 0 Å². The summed E-state index contributed by atoms with van der Waals surface area (Å²) in [6.45, 7) is 0. The Kier molecular flexibility index (Phi) is 3.62. The third-order valence-electron chi connectivity index (χ3n) is 5.28. The van der Waals surface area contributed by atoms with E-state index in [1.165, 1.54) is 31.4 Å². The average Bonchev–Trinajstić information content (AvgIpc) is 3.02. The zero-order valence-electron chi connectivity index (χ0n) is 14.0. The molecule has 122 valence electrons. The summed E-state index contributed by atoms with van der Waals surface area (Å²) in [6, 6.07) is 38.9. The molecule has 0 radical (unpaired) electrons. The summed E-state index contributed by atoms with van der Waals surface area (Å²) in [6.07, 6.45) is 0. The fraction of sp³-hybridized carbons (Fsp3) is 0.0400. The number of halogens is 1. The lowest BCUT2D eigenvalue weighted by Gasteiger charge is -2.32. The van der Waals surface area contributed by atoms with Gasteiger partial charge in [0.15, 0.2) is 0 Å². The van der Waals surface area contributed by atoms with Crippen LogP contribution >= 0.6 is 22.6 Å². The molecular formula is C25H15I. The second kappa shape index (κ2) is 6.00. The van der Waals surface area contributed by atoms with Crippen LogP contribution in [0.2, 0.25) is 0 Å². The van der Waals surface area contributed by atoms with Crippen LogP contribution in [0.5, 0.6) is 0 Å². The fourth-order valence-corrected chi connectivity index (χ4v) is 5.09. The topological polar surface area (TPSA) is 0 Å². The highest BCUT2D eigenvalue weighted by Gasteiger charge is 2.46. The van der Waals surface area contributed by atoms with Crippen LogP contribution in [0.4, 0.5) is 0 Å². The Morgan fingerprint density at radius 1 is 0.692 bits per heavy atom. The van der Waals surface area contributed by atoms with Crippen molar-refractivity contribution in [3.8, 4) is 11.1 Å². The van der Waals surface area contributed by atoms with Gasteiger partial charge >= 0.3 is 0 Å². The summed E-state index contributed by atoms with van der Waals surface area (Å²) in [7, 11) is 0. The molecule has 0 fully saturated rings. The lowest BCUT2D eigenvalue weighted by molar-refractivity contribution is 0.769. The minimum atomic E-state index is -0.355. The SMILES string of the molecule is Ic1cccc2c1-c1ccccc1C2(c1c#cccc1)c1ccccc1. The van der Waals surface area contributed by atoms with Crippen LogP contribution in [0, 0.1) is 15.7 Å². The Morgan fingerprint density at radius 2 is 1.46 bits per heavy atom. The number of benzene rings is 3. The third kappa shape index (κ3) is 2.03. The van der Waals surface area contributed by atoms with Crippen molar-refractivity contribution in [1.82, 2.24) is 0 Å². The number of hydrogen-bond acceptors (Lipinski definition) is 0. The number of hydrogen-bond donors (Lipinski definition) is 0. The average molecular weight is 442 g/mol. The van der Waals surface area contributed by atoms with Crippen molar-refractivity contribution in [2.75, 3.05) is 0 Å². The highest BCUT2D eigenvalue weighted by atomic mass is 127. The molecule has 1 heteroatoms. The van der Waals surface area contributed by atoms with Crippen LogP contribution in [0.3, 0.4) is 0 Å². The first kappa shape index (κ1) is 15.7. The Morgan fingerprint density at radius 3 is 2.27 bits per heavy atom. The van der Waals surface area contributed by atoms with Crippen molar-refractivity contribution in [2.24, 2.45) is 0 Å². The smallest absolute Gasteiger partial charge is 0.0699 e. The molecule has 0 aromatic heterocycles. The van der Waals surface area contributed by atoms with Crippen molar-refractivity contribution in [3.05, 3.63) is 129 Å². The minimum absolute atomic E-state index is 0.355. The normalized spacial score (nSPS) is 13.6. The van der Waals surface area contributed by atoms with Gasteiger partial charge in [-0.1, -0.05) is 84.9 Å². The van der Waals surface area contributed by atoms with E-state index in [1.54, 1.807) is 0 Å². The lowest BCUT2D eigenvalue weighted by atomic mass is 9.68. The Balaban J connectivity index is 2.00. The van der Waals surface area contributed by atoms with Gasteiger partial charge < -0.3 is 0 Å².